The van der Waals surface area contributed by atoms with Crippen molar-refractivity contribution in [2.45, 2.75) is 6.42 Å². The van der Waals surface area contributed by atoms with E-state index in [4.69, 9.17) is 20.4 Å². The van der Waals surface area contributed by atoms with Crippen LogP contribution < -0.4 is 29.6 Å². The Labute approximate surface area is 105 Å². The van der Waals surface area contributed by atoms with Crippen LogP contribution in [0.5, 0.6) is 0 Å². The summed E-state index contributed by atoms with van der Waals surface area (Å²) in [5.41, 5.74) is -3.33. The van der Waals surface area contributed by atoms with E-state index >= 15 is 0 Å². The molecule has 0 bridgehead atoms. The van der Waals surface area contributed by atoms with E-state index < -0.39 is 35.7 Å². The van der Waals surface area contributed by atoms with Gasteiger partial charge in [0.15, 0.2) is 0 Å². The van der Waals surface area contributed by atoms with Crippen molar-refractivity contribution in [1.29, 1.82) is 0 Å². The first kappa shape index (κ1) is 16.3. The minimum atomic E-state index is -3.33. The van der Waals surface area contributed by atoms with Crippen LogP contribution in [0, 0.1) is 5.41 Å². The molecule has 0 rings (SSSR count). The van der Waals surface area contributed by atoms with Crippen LogP contribution in [0.15, 0.2) is 0 Å². The van der Waals surface area contributed by atoms with Crippen molar-refractivity contribution in [3.8, 4) is 0 Å². The van der Waals surface area contributed by atoms with Crippen LogP contribution >= 0.6 is 0 Å². The van der Waals surface area contributed by atoms with Crippen molar-refractivity contribution in [1.82, 2.24) is 0 Å². The van der Waals surface area contributed by atoms with Crippen LogP contribution in [0.25, 0.3) is 0 Å². The third kappa shape index (κ3) is 3.18. The molecule has 0 saturated carbocycles. The van der Waals surface area contributed by atoms with Gasteiger partial charge in [-0.3, -0.25) is 19.2 Å². The molecule has 0 aromatic rings. The Morgan fingerprint density at radius 1 is 0.800 bits per heavy atom. The van der Waals surface area contributed by atoms with Gasteiger partial charge < -0.3 is 20.4 Å². The van der Waals surface area contributed by atoms with Gasteiger partial charge in [0.2, 0.25) is 0 Å². The Hall–Kier alpha value is -1.12. The minimum absolute atomic E-state index is 0. The summed E-state index contributed by atoms with van der Waals surface area (Å²) in [5, 5.41) is 33.4. The second kappa shape index (κ2) is 5.69. The second-order valence-electron chi connectivity index (χ2n) is 2.39. The first-order chi connectivity index (χ1) is 6.25. The molecule has 0 saturated heterocycles. The van der Waals surface area contributed by atoms with Gasteiger partial charge in [0, 0.05) is 0 Å². The summed E-state index contributed by atoms with van der Waals surface area (Å²) in [4.78, 5) is 41.4. The first-order valence-electron chi connectivity index (χ1n) is 3.17. The van der Waals surface area contributed by atoms with Crippen molar-refractivity contribution in [2.75, 3.05) is 0 Å². The topological polar surface area (TPSA) is 149 Å². The quantitative estimate of drug-likeness (QED) is 0.273. The summed E-state index contributed by atoms with van der Waals surface area (Å²) in [5.74, 6) is -8.49. The van der Waals surface area contributed by atoms with Gasteiger partial charge >= 0.3 is 53.4 Å². The fraction of sp³-hybridized carbons (Fsp3) is 0.333. The molecule has 0 aliphatic heterocycles. The number of aliphatic carboxylic acids is 4. The molecule has 0 aromatic heterocycles. The molecule has 0 spiro atoms. The van der Waals surface area contributed by atoms with Crippen LogP contribution in [0.2, 0.25) is 0 Å². The number of carboxylic acid groups (broad SMARTS) is 4. The molecule has 0 heterocycles. The van der Waals surface area contributed by atoms with Crippen LogP contribution in [-0.4, -0.2) is 44.3 Å². The Bertz CT molecular complexity index is 272. The Kier molecular flexibility index (Phi) is 6.18. The van der Waals surface area contributed by atoms with Crippen LogP contribution in [0.3, 0.4) is 0 Å². The van der Waals surface area contributed by atoms with E-state index in [1.807, 2.05) is 0 Å². The Balaban J connectivity index is 0. The maximum Gasteiger partial charge on any atom is 1.00 e. The van der Waals surface area contributed by atoms with E-state index in [2.05, 4.69) is 0 Å². The summed E-state index contributed by atoms with van der Waals surface area (Å²) < 4.78 is 0. The fourth-order valence-corrected chi connectivity index (χ4v) is 0.728. The molecular formula is C6H6NaO8+. The van der Waals surface area contributed by atoms with Gasteiger partial charge in [0.25, 0.3) is 5.41 Å². The molecule has 0 aromatic carbocycles. The first-order valence-corrected chi connectivity index (χ1v) is 3.17. The van der Waals surface area contributed by atoms with Crippen LogP contribution in [0.4, 0.5) is 0 Å². The molecule has 0 aliphatic carbocycles. The average Bonchev–Trinajstić information content (AvgIpc) is 1.97. The molecule has 4 N–H and O–H groups in total. The second-order valence-corrected chi connectivity index (χ2v) is 2.39. The van der Waals surface area contributed by atoms with E-state index in [9.17, 15) is 19.2 Å². The van der Waals surface area contributed by atoms with E-state index in [0.717, 1.165) is 0 Å². The average molecular weight is 229 g/mol. The molecule has 0 unspecified atom stereocenters. The van der Waals surface area contributed by atoms with E-state index in [0.29, 0.717) is 0 Å². The summed E-state index contributed by atoms with van der Waals surface area (Å²) >= 11 is 0. The molecule has 15 heavy (non-hydrogen) atoms. The molecular weight excluding hydrogens is 223 g/mol. The number of carboxylic acids is 4. The van der Waals surface area contributed by atoms with Crippen molar-refractivity contribution >= 4 is 23.9 Å². The number of hydrogen-bond acceptors (Lipinski definition) is 4. The molecule has 0 radical (unpaired) electrons. The zero-order chi connectivity index (χ0) is 11.5. The van der Waals surface area contributed by atoms with Crippen molar-refractivity contribution in [3.63, 3.8) is 0 Å². The van der Waals surface area contributed by atoms with Gasteiger partial charge in [0.05, 0.1) is 6.42 Å². The van der Waals surface area contributed by atoms with Crippen molar-refractivity contribution in [3.05, 3.63) is 0 Å². The summed E-state index contributed by atoms with van der Waals surface area (Å²) in [6.45, 7) is 0. The monoisotopic (exact) mass is 229 g/mol. The fourth-order valence-electron chi connectivity index (χ4n) is 0.728. The van der Waals surface area contributed by atoms with Gasteiger partial charge in [-0.1, -0.05) is 0 Å². The number of hydrogen-bond donors (Lipinski definition) is 4. The smallest absolute Gasteiger partial charge is 0.481 e. The summed E-state index contributed by atoms with van der Waals surface area (Å²) in [6, 6.07) is 0. The molecule has 78 valence electrons. The zero-order valence-electron chi connectivity index (χ0n) is 7.63. The SMILES string of the molecule is O=C(O)CC(C(=O)O)(C(=O)O)C(=O)O.[Na+]. The van der Waals surface area contributed by atoms with Crippen molar-refractivity contribution < 1.29 is 69.2 Å². The van der Waals surface area contributed by atoms with E-state index in [1.54, 1.807) is 0 Å². The van der Waals surface area contributed by atoms with E-state index in [1.165, 1.54) is 0 Å². The number of carbonyl (C=O) groups is 4. The van der Waals surface area contributed by atoms with Crippen LogP contribution in [-0.2, 0) is 19.2 Å². The van der Waals surface area contributed by atoms with Gasteiger partial charge in [-0.15, -0.1) is 0 Å². The zero-order valence-corrected chi connectivity index (χ0v) is 9.63. The Morgan fingerprint density at radius 2 is 1.07 bits per heavy atom. The molecule has 0 amide bonds. The molecule has 9 heteroatoms. The van der Waals surface area contributed by atoms with Crippen molar-refractivity contribution in [2.24, 2.45) is 5.41 Å². The van der Waals surface area contributed by atoms with Crippen LogP contribution in [0.1, 0.15) is 6.42 Å². The van der Waals surface area contributed by atoms with E-state index in [-0.39, 0.29) is 29.6 Å². The molecule has 0 atom stereocenters. The predicted octanol–water partition coefficient (Wildman–Crippen LogP) is -4.29. The van der Waals surface area contributed by atoms with Gasteiger partial charge in [-0.25, -0.2) is 0 Å². The molecule has 0 fully saturated rings. The standard InChI is InChI=1S/C6H6O8.Na/c7-2(8)1-6(3(9)10,4(11)12)5(13)14;/h1H2,(H,7,8)(H,9,10)(H,11,12)(H,13,14);/q;+1. The molecule has 0 aliphatic rings. The Morgan fingerprint density at radius 3 is 1.13 bits per heavy atom. The largest absolute Gasteiger partial charge is 1.00 e. The molecule has 8 nitrogen and oxygen atoms in total. The number of rotatable bonds is 5. The maximum atomic E-state index is 10.4. The summed E-state index contributed by atoms with van der Waals surface area (Å²) in [7, 11) is 0. The normalized spacial score (nSPS) is 9.87. The minimum Gasteiger partial charge on any atom is -0.481 e. The maximum absolute atomic E-state index is 10.4. The summed E-state index contributed by atoms with van der Waals surface area (Å²) in [6.07, 6.45) is -1.52. The third-order valence-electron chi connectivity index (χ3n) is 1.51. The van der Waals surface area contributed by atoms with Gasteiger partial charge in [-0.2, -0.15) is 0 Å². The van der Waals surface area contributed by atoms with Gasteiger partial charge in [-0.05, 0) is 0 Å². The third-order valence-corrected chi connectivity index (χ3v) is 1.51. The van der Waals surface area contributed by atoms with Gasteiger partial charge in [0.1, 0.15) is 0 Å². The predicted molar refractivity (Wildman–Crippen MR) is 37.6 cm³/mol.